The lowest BCUT2D eigenvalue weighted by atomic mass is 9.82. The molecule has 2 heterocycles. The van der Waals surface area contributed by atoms with E-state index in [-0.39, 0.29) is 5.41 Å². The number of hydrogen-bond acceptors (Lipinski definition) is 3. The minimum Gasteiger partial charge on any atom is -0.384 e. The number of anilines is 1. The van der Waals surface area contributed by atoms with Crippen LogP contribution in [0.4, 0.5) is 5.69 Å². The standard InChI is InChI=1S/C16H24N2O2S/c1-3-16(4-2)8-10-18(12-16)21(19,20)14-5-6-15-13(11-14)7-9-17-15/h5-6,11,17H,3-4,7-10,12H2,1-2H3. The zero-order valence-electron chi connectivity index (χ0n) is 12.9. The molecule has 0 bridgehead atoms. The Balaban J connectivity index is 1.88. The smallest absolute Gasteiger partial charge is 0.243 e. The van der Waals surface area contributed by atoms with Gasteiger partial charge in [0.25, 0.3) is 0 Å². The van der Waals surface area contributed by atoms with Crippen LogP contribution in [-0.2, 0) is 16.4 Å². The van der Waals surface area contributed by atoms with Gasteiger partial charge in [-0.3, -0.25) is 0 Å². The van der Waals surface area contributed by atoms with E-state index in [2.05, 4.69) is 19.2 Å². The second-order valence-electron chi connectivity index (χ2n) is 6.29. The third-order valence-electron chi connectivity index (χ3n) is 5.33. The van der Waals surface area contributed by atoms with E-state index in [1.54, 1.807) is 10.4 Å². The van der Waals surface area contributed by atoms with E-state index in [0.717, 1.165) is 43.5 Å². The van der Waals surface area contributed by atoms with Gasteiger partial charge in [-0.1, -0.05) is 13.8 Å². The SMILES string of the molecule is CCC1(CC)CCN(S(=O)(=O)c2ccc3c(c2)CCN3)C1. The Morgan fingerprint density at radius 3 is 2.71 bits per heavy atom. The first-order valence-corrected chi connectivity index (χ1v) is 9.32. The summed E-state index contributed by atoms with van der Waals surface area (Å²) in [5.74, 6) is 0. The van der Waals surface area contributed by atoms with Gasteiger partial charge in [0.15, 0.2) is 0 Å². The van der Waals surface area contributed by atoms with Crippen molar-refractivity contribution in [2.24, 2.45) is 5.41 Å². The summed E-state index contributed by atoms with van der Waals surface area (Å²) < 4.78 is 27.4. The molecule has 4 nitrogen and oxygen atoms in total. The predicted molar refractivity (Wildman–Crippen MR) is 85.0 cm³/mol. The summed E-state index contributed by atoms with van der Waals surface area (Å²) in [6.07, 6.45) is 3.98. The monoisotopic (exact) mass is 308 g/mol. The molecule has 21 heavy (non-hydrogen) atoms. The zero-order chi connectivity index (χ0) is 15.1. The largest absolute Gasteiger partial charge is 0.384 e. The van der Waals surface area contributed by atoms with Gasteiger partial charge in [-0.15, -0.1) is 0 Å². The average molecular weight is 308 g/mol. The van der Waals surface area contributed by atoms with E-state index < -0.39 is 10.0 Å². The van der Waals surface area contributed by atoms with Gasteiger partial charge in [0, 0.05) is 25.3 Å². The molecule has 5 heteroatoms. The molecular formula is C16H24N2O2S. The number of benzene rings is 1. The number of hydrogen-bond donors (Lipinski definition) is 1. The Morgan fingerprint density at radius 2 is 2.05 bits per heavy atom. The van der Waals surface area contributed by atoms with Gasteiger partial charge in [0.2, 0.25) is 10.0 Å². The molecule has 0 spiro atoms. The van der Waals surface area contributed by atoms with Gasteiger partial charge in [0.1, 0.15) is 0 Å². The van der Waals surface area contributed by atoms with Crippen molar-refractivity contribution in [3.8, 4) is 0 Å². The van der Waals surface area contributed by atoms with Crippen molar-refractivity contribution in [2.45, 2.75) is 44.4 Å². The molecule has 2 aliphatic rings. The quantitative estimate of drug-likeness (QED) is 0.930. The molecule has 0 aliphatic carbocycles. The number of nitrogens with one attached hydrogen (secondary N) is 1. The van der Waals surface area contributed by atoms with Gasteiger partial charge < -0.3 is 5.32 Å². The first-order chi connectivity index (χ1) is 10.0. The number of nitrogens with zero attached hydrogens (tertiary/aromatic N) is 1. The molecule has 0 radical (unpaired) electrons. The minimum atomic E-state index is -3.35. The second-order valence-corrected chi connectivity index (χ2v) is 8.23. The Kier molecular flexibility index (Phi) is 3.74. The third-order valence-corrected chi connectivity index (χ3v) is 7.17. The molecule has 1 aromatic carbocycles. The Labute approximate surface area is 127 Å². The van der Waals surface area contributed by atoms with E-state index in [9.17, 15) is 8.42 Å². The van der Waals surface area contributed by atoms with Gasteiger partial charge in [0.05, 0.1) is 4.90 Å². The highest BCUT2D eigenvalue weighted by Gasteiger charge is 2.40. The Bertz CT molecular complexity index is 636. The van der Waals surface area contributed by atoms with Crippen molar-refractivity contribution >= 4 is 15.7 Å². The fraction of sp³-hybridized carbons (Fsp3) is 0.625. The molecule has 1 saturated heterocycles. The van der Waals surface area contributed by atoms with Crippen LogP contribution in [0.1, 0.15) is 38.7 Å². The van der Waals surface area contributed by atoms with Crippen LogP contribution in [0.5, 0.6) is 0 Å². The van der Waals surface area contributed by atoms with Crippen molar-refractivity contribution in [3.05, 3.63) is 23.8 Å². The van der Waals surface area contributed by atoms with Crippen LogP contribution in [0.3, 0.4) is 0 Å². The molecule has 1 N–H and O–H groups in total. The van der Waals surface area contributed by atoms with Crippen molar-refractivity contribution in [3.63, 3.8) is 0 Å². The summed E-state index contributed by atoms with van der Waals surface area (Å²) in [6, 6.07) is 5.49. The molecular weight excluding hydrogens is 284 g/mol. The van der Waals surface area contributed by atoms with Crippen LogP contribution in [0, 0.1) is 5.41 Å². The molecule has 116 valence electrons. The van der Waals surface area contributed by atoms with Gasteiger partial charge in [-0.2, -0.15) is 4.31 Å². The lowest BCUT2D eigenvalue weighted by molar-refractivity contribution is 0.279. The highest BCUT2D eigenvalue weighted by molar-refractivity contribution is 7.89. The predicted octanol–water partition coefficient (Wildman–Crippen LogP) is 2.86. The molecule has 0 saturated carbocycles. The molecule has 0 unspecified atom stereocenters. The molecule has 2 aliphatic heterocycles. The normalized spacial score (nSPS) is 21.2. The van der Waals surface area contributed by atoms with Crippen molar-refractivity contribution < 1.29 is 8.42 Å². The Morgan fingerprint density at radius 1 is 1.29 bits per heavy atom. The van der Waals surface area contributed by atoms with Crippen LogP contribution < -0.4 is 5.32 Å². The van der Waals surface area contributed by atoms with Crippen LogP contribution in [-0.4, -0.2) is 32.4 Å². The summed E-state index contributed by atoms with van der Waals surface area (Å²) in [5.41, 5.74) is 2.37. The topological polar surface area (TPSA) is 49.4 Å². The summed E-state index contributed by atoms with van der Waals surface area (Å²) in [6.45, 7) is 6.55. The van der Waals surface area contributed by atoms with Crippen LogP contribution in [0.25, 0.3) is 0 Å². The van der Waals surface area contributed by atoms with E-state index in [4.69, 9.17) is 0 Å². The van der Waals surface area contributed by atoms with Crippen molar-refractivity contribution in [1.82, 2.24) is 4.31 Å². The van der Waals surface area contributed by atoms with E-state index in [1.807, 2.05) is 12.1 Å². The maximum atomic E-state index is 12.9. The van der Waals surface area contributed by atoms with Gasteiger partial charge in [-0.25, -0.2) is 8.42 Å². The van der Waals surface area contributed by atoms with Crippen molar-refractivity contribution in [2.75, 3.05) is 25.0 Å². The second kappa shape index (κ2) is 5.29. The average Bonchev–Trinajstić information content (AvgIpc) is 3.14. The van der Waals surface area contributed by atoms with E-state index in [0.29, 0.717) is 18.0 Å². The number of rotatable bonds is 4. The molecule has 0 aromatic heterocycles. The Hall–Kier alpha value is -1.07. The van der Waals surface area contributed by atoms with Crippen molar-refractivity contribution in [1.29, 1.82) is 0 Å². The maximum absolute atomic E-state index is 12.9. The molecule has 0 amide bonds. The maximum Gasteiger partial charge on any atom is 0.243 e. The zero-order valence-corrected chi connectivity index (χ0v) is 13.7. The first-order valence-electron chi connectivity index (χ1n) is 7.88. The fourth-order valence-corrected chi connectivity index (χ4v) is 5.12. The first kappa shape index (κ1) is 14.9. The highest BCUT2D eigenvalue weighted by atomic mass is 32.2. The highest BCUT2D eigenvalue weighted by Crippen LogP contribution is 2.39. The number of fused-ring (bicyclic) bond motifs is 1. The molecule has 3 rings (SSSR count). The van der Waals surface area contributed by atoms with Gasteiger partial charge in [-0.05, 0) is 54.9 Å². The van der Waals surface area contributed by atoms with Gasteiger partial charge >= 0.3 is 0 Å². The molecule has 1 fully saturated rings. The summed E-state index contributed by atoms with van der Waals surface area (Å²) in [7, 11) is -3.35. The molecule has 1 aromatic rings. The fourth-order valence-electron chi connectivity index (χ4n) is 3.52. The summed E-state index contributed by atoms with van der Waals surface area (Å²) in [4.78, 5) is 0.452. The summed E-state index contributed by atoms with van der Waals surface area (Å²) in [5, 5.41) is 3.27. The third kappa shape index (κ3) is 2.46. The molecule has 0 atom stereocenters. The van der Waals surface area contributed by atoms with Crippen LogP contribution >= 0.6 is 0 Å². The van der Waals surface area contributed by atoms with Crippen LogP contribution in [0.2, 0.25) is 0 Å². The lowest BCUT2D eigenvalue weighted by Crippen LogP contribution is -2.31. The summed E-state index contributed by atoms with van der Waals surface area (Å²) >= 11 is 0. The van der Waals surface area contributed by atoms with Crippen LogP contribution in [0.15, 0.2) is 23.1 Å². The number of sulfonamides is 1. The van der Waals surface area contributed by atoms with E-state index >= 15 is 0 Å². The lowest BCUT2D eigenvalue weighted by Gasteiger charge is -2.26. The minimum absolute atomic E-state index is 0.172. The van der Waals surface area contributed by atoms with E-state index in [1.165, 1.54) is 0 Å².